The molecule has 3 N–H and O–H groups in total. The molecule has 17 heavy (non-hydrogen) atoms. The minimum atomic E-state index is -1.94. The number of ketones is 1. The second-order valence-electron chi connectivity index (χ2n) is 5.50. The molecule has 0 fully saturated rings. The first-order valence-electron chi connectivity index (χ1n) is 5.41. The van der Waals surface area contributed by atoms with Crippen LogP contribution in [0.15, 0.2) is 0 Å². The van der Waals surface area contributed by atoms with Crippen LogP contribution in [0.5, 0.6) is 0 Å². The second-order valence-corrected chi connectivity index (χ2v) is 5.50. The van der Waals surface area contributed by atoms with Gasteiger partial charge in [0, 0.05) is 5.92 Å². The number of Topliss-reactive ketones (excluding diaryl/α,β-unsaturated/α-hetero) is 1. The number of likely N-dealkylation sites (N-methyl/N-ethyl adjacent to an activating group) is 1. The third-order valence-electron chi connectivity index (χ3n) is 2.36. The van der Waals surface area contributed by atoms with Crippen LogP contribution < -0.4 is 0 Å². The smallest absolute Gasteiger partial charge is 0.306 e. The van der Waals surface area contributed by atoms with Gasteiger partial charge in [-0.25, -0.2) is 0 Å². The maximum Gasteiger partial charge on any atom is 0.306 e. The highest BCUT2D eigenvalue weighted by molar-refractivity contribution is 5.92. The van der Waals surface area contributed by atoms with Gasteiger partial charge in [0.1, 0.15) is 6.54 Å². The van der Waals surface area contributed by atoms with Crippen molar-refractivity contribution < 1.29 is 29.4 Å². The van der Waals surface area contributed by atoms with Crippen LogP contribution in [-0.4, -0.2) is 71.5 Å². The van der Waals surface area contributed by atoms with E-state index in [2.05, 4.69) is 0 Å². The molecule has 6 heteroatoms. The number of aliphatic carboxylic acids is 1. The number of hydrogen-bond donors (Lipinski definition) is 3. The summed E-state index contributed by atoms with van der Waals surface area (Å²) in [5.41, 5.74) is -1.94. The summed E-state index contributed by atoms with van der Waals surface area (Å²) in [7, 11) is 5.26. The summed E-state index contributed by atoms with van der Waals surface area (Å²) in [6.07, 6.45) is -0.647. The summed E-state index contributed by atoms with van der Waals surface area (Å²) in [5.74, 6) is -2.64. The van der Waals surface area contributed by atoms with Crippen LogP contribution in [-0.2, 0) is 9.59 Å². The van der Waals surface area contributed by atoms with Crippen molar-refractivity contribution in [1.82, 2.24) is 0 Å². The van der Waals surface area contributed by atoms with Crippen molar-refractivity contribution in [2.45, 2.75) is 18.9 Å². The molecular formula is C11H22NO5+. The van der Waals surface area contributed by atoms with Crippen LogP contribution in [0.1, 0.15) is 13.3 Å². The molecule has 0 aromatic heterocycles. The Morgan fingerprint density at radius 1 is 1.29 bits per heavy atom. The number of quaternary nitrogens is 1. The molecule has 0 aliphatic rings. The molecule has 0 radical (unpaired) electrons. The van der Waals surface area contributed by atoms with Gasteiger partial charge in [0.2, 0.25) is 0 Å². The molecule has 0 saturated heterocycles. The lowest BCUT2D eigenvalue weighted by Gasteiger charge is -2.34. The summed E-state index contributed by atoms with van der Waals surface area (Å²) in [6.45, 7) is 1.05. The van der Waals surface area contributed by atoms with E-state index >= 15 is 0 Å². The predicted molar refractivity (Wildman–Crippen MR) is 61.4 cm³/mol. The SMILES string of the molecule is CC(CO)C(=O)C(O)(CC(=O)O)C[N+](C)(C)C. The lowest BCUT2D eigenvalue weighted by Crippen LogP contribution is -2.56. The van der Waals surface area contributed by atoms with Crippen molar-refractivity contribution in [2.75, 3.05) is 34.3 Å². The highest BCUT2D eigenvalue weighted by Crippen LogP contribution is 2.20. The van der Waals surface area contributed by atoms with E-state index in [1.807, 2.05) is 0 Å². The number of carboxylic acid groups (broad SMARTS) is 1. The Balaban J connectivity index is 5.09. The van der Waals surface area contributed by atoms with Gasteiger partial charge in [-0.05, 0) is 0 Å². The zero-order valence-electron chi connectivity index (χ0n) is 10.8. The van der Waals surface area contributed by atoms with E-state index < -0.39 is 36.3 Å². The van der Waals surface area contributed by atoms with Crippen LogP contribution in [0.25, 0.3) is 0 Å². The van der Waals surface area contributed by atoms with E-state index in [4.69, 9.17) is 10.2 Å². The van der Waals surface area contributed by atoms with Gasteiger partial charge in [-0.1, -0.05) is 6.92 Å². The molecule has 2 atom stereocenters. The largest absolute Gasteiger partial charge is 0.481 e. The summed E-state index contributed by atoms with van der Waals surface area (Å²) >= 11 is 0. The molecule has 2 unspecified atom stereocenters. The number of carbonyl (C=O) groups excluding carboxylic acids is 1. The molecule has 0 bridgehead atoms. The average molecular weight is 248 g/mol. The quantitative estimate of drug-likeness (QED) is 0.507. The average Bonchev–Trinajstić information content (AvgIpc) is 2.10. The van der Waals surface area contributed by atoms with E-state index in [1.165, 1.54) is 6.92 Å². The zero-order valence-corrected chi connectivity index (χ0v) is 10.8. The molecule has 0 aromatic carbocycles. The molecule has 0 aliphatic heterocycles. The summed E-state index contributed by atoms with van der Waals surface area (Å²) in [5, 5.41) is 27.9. The summed E-state index contributed by atoms with van der Waals surface area (Å²) in [6, 6.07) is 0. The minimum Gasteiger partial charge on any atom is -0.481 e. The number of aliphatic hydroxyl groups is 2. The molecule has 0 amide bonds. The topological polar surface area (TPSA) is 94.8 Å². The molecule has 0 rings (SSSR count). The van der Waals surface area contributed by atoms with Gasteiger partial charge in [0.05, 0.1) is 34.2 Å². The van der Waals surface area contributed by atoms with E-state index in [1.54, 1.807) is 21.1 Å². The molecule has 0 aliphatic carbocycles. The van der Waals surface area contributed by atoms with Crippen LogP contribution in [0.4, 0.5) is 0 Å². The van der Waals surface area contributed by atoms with Gasteiger partial charge in [-0.3, -0.25) is 9.59 Å². The zero-order chi connectivity index (χ0) is 13.9. The molecule has 0 heterocycles. The lowest BCUT2D eigenvalue weighted by molar-refractivity contribution is -0.875. The highest BCUT2D eigenvalue weighted by Gasteiger charge is 2.44. The van der Waals surface area contributed by atoms with Gasteiger partial charge < -0.3 is 19.8 Å². The fraction of sp³-hybridized carbons (Fsp3) is 0.818. The second kappa shape index (κ2) is 5.57. The number of carbonyl (C=O) groups is 2. The summed E-state index contributed by atoms with van der Waals surface area (Å²) < 4.78 is 0.258. The first kappa shape index (κ1) is 16.0. The van der Waals surface area contributed by atoms with Crippen LogP contribution in [0, 0.1) is 5.92 Å². The van der Waals surface area contributed by atoms with Gasteiger partial charge >= 0.3 is 5.97 Å². The predicted octanol–water partition coefficient (Wildman–Crippen LogP) is -0.904. The van der Waals surface area contributed by atoms with Crippen molar-refractivity contribution in [1.29, 1.82) is 0 Å². The molecule has 0 saturated carbocycles. The molecule has 0 aromatic rings. The van der Waals surface area contributed by atoms with Crippen molar-refractivity contribution >= 4 is 11.8 Å². The fourth-order valence-electron chi connectivity index (χ4n) is 1.80. The maximum absolute atomic E-state index is 11.9. The van der Waals surface area contributed by atoms with Gasteiger partial charge in [-0.2, -0.15) is 0 Å². The molecule has 100 valence electrons. The Bertz CT molecular complexity index is 297. The Kier molecular flexibility index (Phi) is 5.25. The van der Waals surface area contributed by atoms with Crippen LogP contribution in [0.2, 0.25) is 0 Å². The van der Waals surface area contributed by atoms with E-state index in [0.717, 1.165) is 0 Å². The first-order chi connectivity index (χ1) is 7.52. The Hall–Kier alpha value is -0.980. The van der Waals surface area contributed by atoms with E-state index in [9.17, 15) is 14.7 Å². The highest BCUT2D eigenvalue weighted by atomic mass is 16.4. The Labute approximate surface area is 101 Å². The first-order valence-corrected chi connectivity index (χ1v) is 5.41. The standard InChI is InChI=1S/C11H21NO5/c1-8(6-13)10(16)11(17,5-9(14)15)7-12(2,3)4/h8,13,17H,5-7H2,1-4H3/p+1. The number of hydrogen-bond acceptors (Lipinski definition) is 4. The van der Waals surface area contributed by atoms with Gasteiger partial charge in [-0.15, -0.1) is 0 Å². The van der Waals surface area contributed by atoms with Gasteiger partial charge in [0.25, 0.3) is 0 Å². The van der Waals surface area contributed by atoms with Crippen LogP contribution >= 0.6 is 0 Å². The Morgan fingerprint density at radius 3 is 2.06 bits per heavy atom. The monoisotopic (exact) mass is 248 g/mol. The molecule has 6 nitrogen and oxygen atoms in total. The number of aliphatic hydroxyl groups excluding tert-OH is 1. The molecule has 0 spiro atoms. The maximum atomic E-state index is 11.9. The normalized spacial score (nSPS) is 17.3. The van der Waals surface area contributed by atoms with E-state index in [-0.39, 0.29) is 11.0 Å². The Morgan fingerprint density at radius 2 is 1.76 bits per heavy atom. The van der Waals surface area contributed by atoms with Crippen molar-refractivity contribution in [3.05, 3.63) is 0 Å². The number of rotatable bonds is 7. The van der Waals surface area contributed by atoms with Gasteiger partial charge in [0.15, 0.2) is 11.4 Å². The van der Waals surface area contributed by atoms with Crippen LogP contribution in [0.3, 0.4) is 0 Å². The number of carboxylic acids is 1. The fourth-order valence-corrected chi connectivity index (χ4v) is 1.80. The third kappa shape index (κ3) is 5.25. The third-order valence-corrected chi connectivity index (χ3v) is 2.36. The van der Waals surface area contributed by atoms with E-state index in [0.29, 0.717) is 0 Å². The summed E-state index contributed by atoms with van der Waals surface area (Å²) in [4.78, 5) is 22.7. The van der Waals surface area contributed by atoms with Crippen molar-refractivity contribution in [3.8, 4) is 0 Å². The lowest BCUT2D eigenvalue weighted by atomic mass is 9.86. The van der Waals surface area contributed by atoms with Crippen molar-refractivity contribution in [3.63, 3.8) is 0 Å². The molecular weight excluding hydrogens is 226 g/mol. The number of nitrogens with zero attached hydrogens (tertiary/aromatic N) is 1. The minimum absolute atomic E-state index is 0.0114. The van der Waals surface area contributed by atoms with Crippen molar-refractivity contribution in [2.24, 2.45) is 5.92 Å².